The third-order valence-corrected chi connectivity index (χ3v) is 3.82. The van der Waals surface area contributed by atoms with Crippen molar-refractivity contribution in [2.45, 2.75) is 52.8 Å². The Labute approximate surface area is 109 Å². The zero-order valence-electron chi connectivity index (χ0n) is 11.8. The second-order valence-electron chi connectivity index (χ2n) is 6.19. The second kappa shape index (κ2) is 5.41. The fourth-order valence-electron chi connectivity index (χ4n) is 2.38. The smallest absolute Gasteiger partial charge is 0.150 e. The van der Waals surface area contributed by atoms with Gasteiger partial charge in [0.2, 0.25) is 0 Å². The minimum absolute atomic E-state index is 0.189. The van der Waals surface area contributed by atoms with Crippen LogP contribution in [0.3, 0.4) is 0 Å². The van der Waals surface area contributed by atoms with E-state index in [9.17, 15) is 0 Å². The highest BCUT2D eigenvalue weighted by Gasteiger charge is 2.48. The Kier molecular flexibility index (Phi) is 4.07. The van der Waals surface area contributed by atoms with E-state index in [1.165, 1.54) is 0 Å². The monoisotopic (exact) mass is 252 g/mol. The summed E-state index contributed by atoms with van der Waals surface area (Å²) < 4.78 is 11.0. The van der Waals surface area contributed by atoms with E-state index in [4.69, 9.17) is 9.26 Å². The van der Waals surface area contributed by atoms with Crippen molar-refractivity contribution in [3.63, 3.8) is 0 Å². The summed E-state index contributed by atoms with van der Waals surface area (Å²) in [6, 6.07) is 2.38. The van der Waals surface area contributed by atoms with Gasteiger partial charge in [-0.15, -0.1) is 0 Å². The van der Waals surface area contributed by atoms with Gasteiger partial charge < -0.3 is 14.6 Å². The minimum Gasteiger partial charge on any atom is -0.377 e. The third-order valence-electron chi connectivity index (χ3n) is 3.82. The van der Waals surface area contributed by atoms with Gasteiger partial charge in [0.25, 0.3) is 0 Å². The van der Waals surface area contributed by atoms with Crippen molar-refractivity contribution in [2.24, 2.45) is 11.3 Å². The average molecular weight is 252 g/mol. The molecule has 1 fully saturated rings. The van der Waals surface area contributed by atoms with Gasteiger partial charge in [0.05, 0.1) is 18.8 Å². The number of hydrogen-bond acceptors (Lipinski definition) is 4. The summed E-state index contributed by atoms with van der Waals surface area (Å²) in [6.07, 6.45) is 3.12. The molecule has 0 radical (unpaired) electrons. The number of aromatic nitrogens is 1. The molecule has 1 aliphatic carbocycles. The summed E-state index contributed by atoms with van der Waals surface area (Å²) in [5, 5.41) is 7.22. The van der Waals surface area contributed by atoms with Crippen molar-refractivity contribution in [3.05, 3.63) is 18.0 Å². The molecule has 1 aromatic rings. The van der Waals surface area contributed by atoms with Crippen LogP contribution in [-0.4, -0.2) is 23.9 Å². The molecule has 0 aliphatic heterocycles. The third kappa shape index (κ3) is 2.93. The number of nitrogens with one attached hydrogen (secondary N) is 1. The van der Waals surface area contributed by atoms with E-state index in [0.717, 1.165) is 25.3 Å². The molecule has 0 saturated heterocycles. The molecule has 0 spiro atoms. The van der Waals surface area contributed by atoms with E-state index in [0.29, 0.717) is 18.1 Å². The summed E-state index contributed by atoms with van der Waals surface area (Å²) in [5.74, 6) is 1.49. The Bertz CT molecular complexity index is 360. The van der Waals surface area contributed by atoms with Crippen molar-refractivity contribution >= 4 is 0 Å². The molecule has 1 heterocycles. The van der Waals surface area contributed by atoms with Crippen LogP contribution in [0, 0.1) is 11.3 Å². The van der Waals surface area contributed by atoms with Crippen LogP contribution < -0.4 is 5.32 Å². The lowest BCUT2D eigenvalue weighted by molar-refractivity contribution is -0.124. The highest BCUT2D eigenvalue weighted by molar-refractivity contribution is 5.04. The van der Waals surface area contributed by atoms with Crippen molar-refractivity contribution in [3.8, 4) is 0 Å². The molecular formula is C14H24N2O2. The van der Waals surface area contributed by atoms with Crippen LogP contribution in [0.5, 0.6) is 0 Å². The second-order valence-corrected chi connectivity index (χ2v) is 6.19. The number of nitrogens with zero attached hydrogens (tertiary/aromatic N) is 1. The van der Waals surface area contributed by atoms with E-state index in [-0.39, 0.29) is 5.41 Å². The molecule has 0 aromatic carbocycles. The van der Waals surface area contributed by atoms with Gasteiger partial charge in [-0.3, -0.25) is 0 Å². The van der Waals surface area contributed by atoms with Crippen LogP contribution in [-0.2, 0) is 11.3 Å². The summed E-state index contributed by atoms with van der Waals surface area (Å²) in [7, 11) is 0. The van der Waals surface area contributed by atoms with Gasteiger partial charge in [0, 0.05) is 24.1 Å². The quantitative estimate of drug-likeness (QED) is 0.845. The lowest BCUT2D eigenvalue weighted by atomic mass is 9.64. The molecule has 1 saturated carbocycles. The first-order valence-corrected chi connectivity index (χ1v) is 6.74. The van der Waals surface area contributed by atoms with Crippen LogP contribution in [0.25, 0.3) is 0 Å². The highest BCUT2D eigenvalue weighted by Crippen LogP contribution is 2.43. The first kappa shape index (κ1) is 13.6. The van der Waals surface area contributed by atoms with Gasteiger partial charge in [-0.1, -0.05) is 32.9 Å². The van der Waals surface area contributed by atoms with Gasteiger partial charge in [-0.2, -0.15) is 0 Å². The Morgan fingerprint density at radius 1 is 1.56 bits per heavy atom. The Morgan fingerprint density at radius 2 is 2.33 bits per heavy atom. The molecule has 2 rings (SSSR count). The Balaban J connectivity index is 1.76. The normalized spacial score (nSPS) is 26.3. The standard InChI is InChI=1S/C14H24N2O2/c1-10(2)9-17-13-7-12(14(13,3)4)15-8-11-5-6-16-18-11/h5-6,10,12-13,15H,7-9H2,1-4H3. The highest BCUT2D eigenvalue weighted by atomic mass is 16.5. The molecule has 4 nitrogen and oxygen atoms in total. The van der Waals surface area contributed by atoms with Crippen LogP contribution in [0.1, 0.15) is 39.9 Å². The van der Waals surface area contributed by atoms with Crippen molar-refractivity contribution in [1.29, 1.82) is 0 Å². The molecule has 4 heteroatoms. The largest absolute Gasteiger partial charge is 0.377 e. The van der Waals surface area contributed by atoms with E-state index < -0.39 is 0 Å². The topological polar surface area (TPSA) is 47.3 Å². The first-order valence-electron chi connectivity index (χ1n) is 6.74. The van der Waals surface area contributed by atoms with Crippen LogP contribution in [0.15, 0.2) is 16.8 Å². The summed E-state index contributed by atoms with van der Waals surface area (Å²) >= 11 is 0. The molecule has 2 unspecified atom stereocenters. The van der Waals surface area contributed by atoms with E-state index in [2.05, 4.69) is 38.2 Å². The molecule has 0 bridgehead atoms. The summed E-state index contributed by atoms with van der Waals surface area (Å²) in [6.45, 7) is 10.5. The van der Waals surface area contributed by atoms with Crippen LogP contribution in [0.4, 0.5) is 0 Å². The lowest BCUT2D eigenvalue weighted by Gasteiger charge is -2.52. The van der Waals surface area contributed by atoms with Gasteiger partial charge in [0.15, 0.2) is 0 Å². The fraction of sp³-hybridized carbons (Fsp3) is 0.786. The van der Waals surface area contributed by atoms with Gasteiger partial charge >= 0.3 is 0 Å². The zero-order valence-corrected chi connectivity index (χ0v) is 11.8. The Hall–Kier alpha value is -0.870. The van der Waals surface area contributed by atoms with Gasteiger partial charge in [-0.05, 0) is 12.3 Å². The molecule has 2 atom stereocenters. The lowest BCUT2D eigenvalue weighted by Crippen LogP contribution is -2.60. The van der Waals surface area contributed by atoms with Crippen molar-refractivity contribution < 1.29 is 9.26 Å². The van der Waals surface area contributed by atoms with E-state index in [1.807, 2.05) is 6.07 Å². The predicted octanol–water partition coefficient (Wildman–Crippen LogP) is 2.60. The maximum Gasteiger partial charge on any atom is 0.150 e. The molecule has 1 aliphatic rings. The maximum absolute atomic E-state index is 5.95. The molecule has 102 valence electrons. The Morgan fingerprint density at radius 3 is 2.89 bits per heavy atom. The maximum atomic E-state index is 5.95. The minimum atomic E-state index is 0.189. The SMILES string of the molecule is CC(C)COC1CC(NCc2ccno2)C1(C)C. The van der Waals surface area contributed by atoms with Crippen LogP contribution >= 0.6 is 0 Å². The van der Waals surface area contributed by atoms with Crippen molar-refractivity contribution in [2.75, 3.05) is 6.61 Å². The van der Waals surface area contributed by atoms with Crippen LogP contribution in [0.2, 0.25) is 0 Å². The van der Waals surface area contributed by atoms with E-state index >= 15 is 0 Å². The number of hydrogen-bond donors (Lipinski definition) is 1. The zero-order chi connectivity index (χ0) is 13.2. The molecule has 1 aromatic heterocycles. The van der Waals surface area contributed by atoms with Gasteiger partial charge in [-0.25, -0.2) is 0 Å². The first-order chi connectivity index (χ1) is 8.50. The van der Waals surface area contributed by atoms with E-state index in [1.54, 1.807) is 6.20 Å². The molecule has 1 N–H and O–H groups in total. The summed E-state index contributed by atoms with van der Waals surface area (Å²) in [5.41, 5.74) is 0.189. The number of ether oxygens (including phenoxy) is 1. The molecule has 0 amide bonds. The van der Waals surface area contributed by atoms with Crippen molar-refractivity contribution in [1.82, 2.24) is 10.5 Å². The summed E-state index contributed by atoms with van der Waals surface area (Å²) in [4.78, 5) is 0. The number of rotatable bonds is 6. The van der Waals surface area contributed by atoms with Gasteiger partial charge in [0.1, 0.15) is 5.76 Å². The molecule has 18 heavy (non-hydrogen) atoms. The molecular weight excluding hydrogens is 228 g/mol. The fourth-order valence-corrected chi connectivity index (χ4v) is 2.38. The predicted molar refractivity (Wildman–Crippen MR) is 70.1 cm³/mol. The average Bonchev–Trinajstić information content (AvgIpc) is 2.79.